The van der Waals surface area contributed by atoms with Gasteiger partial charge in [0.15, 0.2) is 5.78 Å². The Hall–Kier alpha value is -3.12. The minimum atomic E-state index is 0.0368. The molecular formula is C22H20N2O. The quantitative estimate of drug-likeness (QED) is 0.508. The smallest absolute Gasteiger partial charge is 0.160 e. The van der Waals surface area contributed by atoms with Crippen molar-refractivity contribution in [2.45, 2.75) is 20.8 Å². The lowest BCUT2D eigenvalue weighted by Crippen LogP contribution is -2.00. The van der Waals surface area contributed by atoms with Crippen molar-refractivity contribution in [2.24, 2.45) is 7.05 Å². The van der Waals surface area contributed by atoms with Crippen LogP contribution in [0.25, 0.3) is 22.0 Å². The molecule has 2 aromatic carbocycles. The van der Waals surface area contributed by atoms with Crippen molar-refractivity contribution in [3.63, 3.8) is 0 Å². The molecule has 0 unspecified atom stereocenters. The second kappa shape index (κ2) is 6.41. The molecule has 3 nitrogen and oxygen atoms in total. The van der Waals surface area contributed by atoms with E-state index in [1.54, 1.807) is 6.92 Å². The van der Waals surface area contributed by atoms with Crippen LogP contribution in [0.3, 0.4) is 0 Å². The summed E-state index contributed by atoms with van der Waals surface area (Å²) < 4.78 is 2.06. The van der Waals surface area contributed by atoms with Crippen LogP contribution >= 0.6 is 0 Å². The molecule has 0 fully saturated rings. The van der Waals surface area contributed by atoms with Crippen LogP contribution in [0.1, 0.15) is 36.1 Å². The van der Waals surface area contributed by atoms with Gasteiger partial charge in [0.25, 0.3) is 0 Å². The van der Waals surface area contributed by atoms with E-state index < -0.39 is 0 Å². The molecule has 3 heteroatoms. The normalized spacial score (nSPS) is 12.0. The molecule has 0 bridgehead atoms. The SMILES string of the molecule is CC(=O)C(=C(C)c1ccc(C#N)c(C)c1)c1ccc2c(ccn2C)c1. The fourth-order valence-corrected chi connectivity index (χ4v) is 3.29. The second-order valence-corrected chi connectivity index (χ2v) is 6.40. The number of Topliss-reactive ketones (excluding diaryl/α,β-unsaturated/α-hetero) is 1. The van der Waals surface area contributed by atoms with Crippen LogP contribution in [0.2, 0.25) is 0 Å². The molecule has 0 spiro atoms. The molecule has 0 saturated heterocycles. The summed E-state index contributed by atoms with van der Waals surface area (Å²) >= 11 is 0. The Morgan fingerprint density at radius 2 is 1.76 bits per heavy atom. The van der Waals surface area contributed by atoms with Crippen molar-refractivity contribution in [1.29, 1.82) is 5.26 Å². The third kappa shape index (κ3) is 2.99. The van der Waals surface area contributed by atoms with Crippen LogP contribution in [-0.4, -0.2) is 10.4 Å². The Bertz CT molecular complexity index is 1060. The number of fused-ring (bicyclic) bond motifs is 1. The van der Waals surface area contributed by atoms with Crippen molar-refractivity contribution in [3.05, 3.63) is 70.9 Å². The van der Waals surface area contributed by atoms with Crippen LogP contribution < -0.4 is 0 Å². The van der Waals surface area contributed by atoms with Gasteiger partial charge in [-0.25, -0.2) is 0 Å². The van der Waals surface area contributed by atoms with Gasteiger partial charge in [0, 0.05) is 29.7 Å². The molecule has 1 heterocycles. The van der Waals surface area contributed by atoms with Crippen LogP contribution in [0.15, 0.2) is 48.7 Å². The number of nitriles is 1. The van der Waals surface area contributed by atoms with Gasteiger partial charge in [-0.2, -0.15) is 5.26 Å². The number of rotatable bonds is 3. The summed E-state index contributed by atoms with van der Waals surface area (Å²) in [4.78, 5) is 12.4. The maximum atomic E-state index is 12.4. The van der Waals surface area contributed by atoms with E-state index in [-0.39, 0.29) is 5.78 Å². The van der Waals surface area contributed by atoms with Gasteiger partial charge in [-0.3, -0.25) is 4.79 Å². The Labute approximate surface area is 147 Å². The average Bonchev–Trinajstić information content (AvgIpc) is 2.95. The number of ketones is 1. The van der Waals surface area contributed by atoms with E-state index in [1.165, 1.54) is 0 Å². The van der Waals surface area contributed by atoms with Gasteiger partial charge in [0.2, 0.25) is 0 Å². The number of aryl methyl sites for hydroxylation is 2. The average molecular weight is 328 g/mol. The first-order valence-electron chi connectivity index (χ1n) is 8.20. The Kier molecular flexibility index (Phi) is 4.29. The molecule has 3 rings (SSSR count). The van der Waals surface area contributed by atoms with Gasteiger partial charge in [-0.15, -0.1) is 0 Å². The fraction of sp³-hybridized carbons (Fsp3) is 0.182. The monoisotopic (exact) mass is 328 g/mol. The van der Waals surface area contributed by atoms with E-state index >= 15 is 0 Å². The minimum Gasteiger partial charge on any atom is -0.351 e. The minimum absolute atomic E-state index is 0.0368. The molecule has 0 saturated carbocycles. The zero-order valence-electron chi connectivity index (χ0n) is 14.9. The van der Waals surface area contributed by atoms with Crippen LogP contribution in [0.4, 0.5) is 0 Å². The molecule has 0 aliphatic carbocycles. The third-order valence-electron chi connectivity index (χ3n) is 4.68. The van der Waals surface area contributed by atoms with Gasteiger partial charge in [-0.1, -0.05) is 18.2 Å². The summed E-state index contributed by atoms with van der Waals surface area (Å²) in [5.41, 5.74) is 6.25. The Balaban J connectivity index is 2.19. The van der Waals surface area contributed by atoms with E-state index in [0.717, 1.165) is 38.7 Å². The summed E-state index contributed by atoms with van der Waals surface area (Å²) in [5, 5.41) is 10.2. The van der Waals surface area contributed by atoms with E-state index in [0.29, 0.717) is 5.56 Å². The zero-order chi connectivity index (χ0) is 18.1. The first kappa shape index (κ1) is 16.7. The highest BCUT2D eigenvalue weighted by atomic mass is 16.1. The predicted octanol–water partition coefficient (Wildman–Crippen LogP) is 4.88. The van der Waals surface area contributed by atoms with Crippen LogP contribution in [0.5, 0.6) is 0 Å². The number of allylic oxidation sites excluding steroid dienone is 2. The maximum absolute atomic E-state index is 12.4. The lowest BCUT2D eigenvalue weighted by atomic mass is 9.91. The largest absolute Gasteiger partial charge is 0.351 e. The number of carbonyl (C=O) groups excluding carboxylic acids is 1. The maximum Gasteiger partial charge on any atom is 0.160 e. The molecule has 0 atom stereocenters. The standard InChI is InChI=1S/C22H20N2O/c1-14-11-17(5-6-20(14)13-23)15(2)22(16(3)25)19-7-8-21-18(12-19)9-10-24(21)4/h5-12H,1-4H3. The van der Waals surface area contributed by atoms with Crippen LogP contribution in [0, 0.1) is 18.3 Å². The highest BCUT2D eigenvalue weighted by molar-refractivity contribution is 6.27. The van der Waals surface area contributed by atoms with Gasteiger partial charge in [0.1, 0.15) is 0 Å². The molecule has 0 amide bonds. The molecule has 0 radical (unpaired) electrons. The Morgan fingerprint density at radius 3 is 2.40 bits per heavy atom. The number of carbonyl (C=O) groups is 1. The molecule has 124 valence electrons. The van der Waals surface area contributed by atoms with E-state index in [1.807, 2.05) is 57.4 Å². The molecule has 0 aliphatic rings. The summed E-state index contributed by atoms with van der Waals surface area (Å²) in [5.74, 6) is 0.0368. The molecule has 3 aromatic rings. The first-order valence-corrected chi connectivity index (χ1v) is 8.20. The number of hydrogen-bond acceptors (Lipinski definition) is 2. The number of nitrogens with zero attached hydrogens (tertiary/aromatic N) is 2. The molecule has 1 aromatic heterocycles. The van der Waals surface area contributed by atoms with Crippen molar-refractivity contribution >= 4 is 27.8 Å². The highest BCUT2D eigenvalue weighted by Crippen LogP contribution is 2.30. The lowest BCUT2D eigenvalue weighted by Gasteiger charge is -2.12. The number of aromatic nitrogens is 1. The van der Waals surface area contributed by atoms with Crippen molar-refractivity contribution in [3.8, 4) is 6.07 Å². The summed E-state index contributed by atoms with van der Waals surface area (Å²) in [6, 6.07) is 16.0. The first-order chi connectivity index (χ1) is 11.9. The lowest BCUT2D eigenvalue weighted by molar-refractivity contribution is -0.111. The molecule has 25 heavy (non-hydrogen) atoms. The highest BCUT2D eigenvalue weighted by Gasteiger charge is 2.14. The van der Waals surface area contributed by atoms with E-state index in [2.05, 4.69) is 22.8 Å². The Morgan fingerprint density at radius 1 is 1.04 bits per heavy atom. The van der Waals surface area contributed by atoms with Crippen molar-refractivity contribution in [1.82, 2.24) is 4.57 Å². The van der Waals surface area contributed by atoms with E-state index in [4.69, 9.17) is 5.26 Å². The van der Waals surface area contributed by atoms with Gasteiger partial charge >= 0.3 is 0 Å². The fourth-order valence-electron chi connectivity index (χ4n) is 3.29. The number of hydrogen-bond donors (Lipinski definition) is 0. The summed E-state index contributed by atoms with van der Waals surface area (Å²) in [6.45, 7) is 5.48. The van der Waals surface area contributed by atoms with Gasteiger partial charge < -0.3 is 4.57 Å². The summed E-state index contributed by atoms with van der Waals surface area (Å²) in [6.07, 6.45) is 2.02. The predicted molar refractivity (Wildman–Crippen MR) is 102 cm³/mol. The molecule has 0 N–H and O–H groups in total. The third-order valence-corrected chi connectivity index (χ3v) is 4.68. The van der Waals surface area contributed by atoms with Crippen LogP contribution in [-0.2, 0) is 11.8 Å². The summed E-state index contributed by atoms with van der Waals surface area (Å²) in [7, 11) is 2.01. The van der Waals surface area contributed by atoms with Crippen molar-refractivity contribution in [2.75, 3.05) is 0 Å². The molecular weight excluding hydrogens is 308 g/mol. The van der Waals surface area contributed by atoms with Crippen molar-refractivity contribution < 1.29 is 4.79 Å². The van der Waals surface area contributed by atoms with Gasteiger partial charge in [0.05, 0.1) is 11.6 Å². The number of benzene rings is 2. The topological polar surface area (TPSA) is 45.8 Å². The zero-order valence-corrected chi connectivity index (χ0v) is 14.9. The van der Waals surface area contributed by atoms with Gasteiger partial charge in [-0.05, 0) is 67.3 Å². The molecule has 0 aliphatic heterocycles. The second-order valence-electron chi connectivity index (χ2n) is 6.40. The van der Waals surface area contributed by atoms with E-state index in [9.17, 15) is 4.79 Å².